The molecule has 0 unspecified atom stereocenters. The number of methoxy groups -OCH3 is 1. The van der Waals surface area contributed by atoms with Crippen molar-refractivity contribution in [3.05, 3.63) is 12.0 Å². The minimum absolute atomic E-state index is 0.0855. The van der Waals surface area contributed by atoms with Crippen molar-refractivity contribution < 1.29 is 28.7 Å². The van der Waals surface area contributed by atoms with Crippen LogP contribution in [0.5, 0.6) is 0 Å². The molecule has 8 nitrogen and oxygen atoms in total. The van der Waals surface area contributed by atoms with Gasteiger partial charge in [0, 0.05) is 29.7 Å². The fourth-order valence-electron chi connectivity index (χ4n) is 2.45. The molecule has 162 valence electrons. The van der Waals surface area contributed by atoms with Gasteiger partial charge in [0.15, 0.2) is 10.6 Å². The minimum atomic E-state index is -1.38. The first-order valence-electron chi connectivity index (χ1n) is 9.35. The van der Waals surface area contributed by atoms with Crippen molar-refractivity contribution >= 4 is 22.8 Å². The average molecular weight is 419 g/mol. The Labute approximate surface area is 170 Å². The maximum Gasteiger partial charge on any atom is 0.282 e. The smallest absolute Gasteiger partial charge is 0.282 e. The number of hydrogen-bond acceptors (Lipinski definition) is 7. The van der Waals surface area contributed by atoms with Gasteiger partial charge in [-0.2, -0.15) is 0 Å². The van der Waals surface area contributed by atoms with Crippen LogP contribution in [0.1, 0.15) is 34.1 Å². The lowest BCUT2D eigenvalue weighted by molar-refractivity contribution is -0.122. The summed E-state index contributed by atoms with van der Waals surface area (Å²) in [5.41, 5.74) is -0.436. The molecule has 1 aliphatic rings. The van der Waals surface area contributed by atoms with Crippen LogP contribution in [-0.4, -0.2) is 71.9 Å². The highest BCUT2D eigenvalue weighted by Gasteiger charge is 2.42. The van der Waals surface area contributed by atoms with Crippen LogP contribution in [0.3, 0.4) is 0 Å². The lowest BCUT2D eigenvalue weighted by atomic mass is 9.88. The lowest BCUT2D eigenvalue weighted by Crippen LogP contribution is -2.49. The molecular formula is C19H34N2O6S. The Hall–Kier alpha value is -1.13. The van der Waals surface area contributed by atoms with Gasteiger partial charge < -0.3 is 29.3 Å². The Morgan fingerprint density at radius 3 is 2.64 bits per heavy atom. The van der Waals surface area contributed by atoms with Gasteiger partial charge in [0.05, 0.1) is 33.5 Å². The number of carbonyl (C=O) groups is 1. The second-order valence-corrected chi connectivity index (χ2v) is 10.0. The van der Waals surface area contributed by atoms with E-state index in [4.69, 9.17) is 24.7 Å². The summed E-state index contributed by atoms with van der Waals surface area (Å²) < 4.78 is 27.4. The Bertz CT molecular complexity index is 559. The molecular weight excluding hydrogens is 384 g/mol. The van der Waals surface area contributed by atoms with Crippen LogP contribution in [0.2, 0.25) is 0 Å². The van der Waals surface area contributed by atoms with Gasteiger partial charge in [-0.1, -0.05) is 13.8 Å². The second-order valence-electron chi connectivity index (χ2n) is 7.99. The van der Waals surface area contributed by atoms with Gasteiger partial charge in [-0.05, 0) is 31.4 Å². The van der Waals surface area contributed by atoms with Gasteiger partial charge in [0.25, 0.3) is 5.91 Å². The molecule has 3 N–H and O–H groups in total. The van der Waals surface area contributed by atoms with Crippen LogP contribution in [0.15, 0.2) is 12.0 Å². The van der Waals surface area contributed by atoms with E-state index in [0.29, 0.717) is 19.0 Å². The number of amides is 1. The quantitative estimate of drug-likeness (QED) is 0.189. The summed E-state index contributed by atoms with van der Waals surface area (Å²) in [6, 6.07) is 0. The van der Waals surface area contributed by atoms with Gasteiger partial charge >= 0.3 is 0 Å². The van der Waals surface area contributed by atoms with E-state index in [1.807, 2.05) is 13.8 Å². The molecule has 1 fully saturated rings. The number of hydrogen-bond donors (Lipinski definition) is 3. The molecule has 0 aliphatic carbocycles. The van der Waals surface area contributed by atoms with Crippen molar-refractivity contribution in [2.75, 3.05) is 45.9 Å². The first-order chi connectivity index (χ1) is 13.0. The number of rotatable bonds is 12. The molecule has 0 aromatic heterocycles. The number of carbonyl (C=O) groups excluding carboxylic acids is 1. The zero-order chi connectivity index (χ0) is 21.4. The first-order valence-corrected chi connectivity index (χ1v) is 10.7. The third kappa shape index (κ3) is 7.36. The molecule has 0 bridgehead atoms. The molecule has 28 heavy (non-hydrogen) atoms. The molecule has 1 rings (SSSR count). The number of aliphatic hydroxyl groups excluding tert-OH is 1. The molecule has 1 amide bonds. The van der Waals surface area contributed by atoms with E-state index in [2.05, 4.69) is 5.32 Å². The van der Waals surface area contributed by atoms with Gasteiger partial charge in [-0.25, -0.2) is 0 Å². The highest BCUT2D eigenvalue weighted by atomic mass is 32.2. The van der Waals surface area contributed by atoms with Crippen LogP contribution in [0.4, 0.5) is 0 Å². The topological polar surface area (TPSA) is 124 Å². The van der Waals surface area contributed by atoms with Crippen molar-refractivity contribution in [2.45, 2.75) is 38.9 Å². The number of ether oxygens (including phenoxy) is 3. The average Bonchev–Trinajstić information content (AvgIpc) is 3.13. The van der Waals surface area contributed by atoms with Crippen LogP contribution < -0.4 is 5.32 Å². The molecule has 1 aliphatic heterocycles. The Balaban J connectivity index is 2.73. The van der Waals surface area contributed by atoms with Crippen molar-refractivity contribution in [2.24, 2.45) is 11.3 Å². The zero-order valence-electron chi connectivity index (χ0n) is 17.5. The van der Waals surface area contributed by atoms with Gasteiger partial charge in [0.2, 0.25) is 0 Å². The molecule has 0 aromatic rings. The normalized spacial score (nSPS) is 19.4. The van der Waals surface area contributed by atoms with E-state index >= 15 is 0 Å². The van der Waals surface area contributed by atoms with Crippen LogP contribution >= 0.6 is 0 Å². The van der Waals surface area contributed by atoms with Gasteiger partial charge in [0.1, 0.15) is 5.75 Å². The van der Waals surface area contributed by atoms with E-state index in [1.54, 1.807) is 13.8 Å². The highest BCUT2D eigenvalue weighted by Crippen LogP contribution is 2.24. The SMILES string of the molecule is CO/C(=C\C(=N)C(C)(C)COCCO)NC(=O)C(C)(C)[S@@+]([O-])C[C@H]1CCOC1. The van der Waals surface area contributed by atoms with E-state index in [-0.39, 0.29) is 37.3 Å². The van der Waals surface area contributed by atoms with E-state index in [0.717, 1.165) is 6.42 Å². The Morgan fingerprint density at radius 1 is 1.43 bits per heavy atom. The monoisotopic (exact) mass is 418 g/mol. The predicted octanol–water partition coefficient (Wildman–Crippen LogP) is 1.21. The second kappa shape index (κ2) is 11.2. The van der Waals surface area contributed by atoms with E-state index in [9.17, 15) is 9.35 Å². The number of aliphatic hydroxyl groups is 1. The maximum atomic E-state index is 12.7. The van der Waals surface area contributed by atoms with E-state index in [1.165, 1.54) is 13.2 Å². The molecule has 0 radical (unpaired) electrons. The standard InChI is InChI=1S/C19H34N2O6S/c1-18(2,13-27-9-7-22)15(20)10-16(25-5)21-17(23)19(3,4)28(24)12-14-6-8-26-11-14/h10,14,20,22H,6-9,11-13H2,1-5H3,(H,21,23)/b16-10-,20-15?/t14-,28-/m0/s1. The summed E-state index contributed by atoms with van der Waals surface area (Å²) in [4.78, 5) is 12.7. The molecule has 2 atom stereocenters. The fourth-order valence-corrected chi connectivity index (χ4v) is 3.81. The van der Waals surface area contributed by atoms with Crippen molar-refractivity contribution in [1.82, 2.24) is 5.32 Å². The molecule has 0 aromatic carbocycles. The largest absolute Gasteiger partial charge is 0.616 e. The lowest BCUT2D eigenvalue weighted by Gasteiger charge is -2.29. The van der Waals surface area contributed by atoms with Gasteiger partial charge in [-0.3, -0.25) is 10.1 Å². The summed E-state index contributed by atoms with van der Waals surface area (Å²) in [6.07, 6.45) is 2.28. The summed E-state index contributed by atoms with van der Waals surface area (Å²) in [5.74, 6) is 0.301. The maximum absolute atomic E-state index is 12.7. The van der Waals surface area contributed by atoms with Crippen LogP contribution in [0.25, 0.3) is 0 Å². The van der Waals surface area contributed by atoms with Gasteiger partial charge in [-0.15, -0.1) is 0 Å². The zero-order valence-corrected chi connectivity index (χ0v) is 18.3. The number of nitrogens with one attached hydrogen (secondary N) is 2. The van der Waals surface area contributed by atoms with Crippen LogP contribution in [-0.2, 0) is 30.2 Å². The summed E-state index contributed by atoms with van der Waals surface area (Å²) in [6.45, 7) is 8.52. The minimum Gasteiger partial charge on any atom is -0.616 e. The third-order valence-electron chi connectivity index (χ3n) is 4.69. The fraction of sp³-hybridized carbons (Fsp3) is 0.789. The van der Waals surface area contributed by atoms with Crippen molar-refractivity contribution in [3.8, 4) is 0 Å². The first kappa shape index (κ1) is 24.9. The molecule has 0 spiro atoms. The molecule has 1 saturated heterocycles. The molecule has 9 heteroatoms. The summed E-state index contributed by atoms with van der Waals surface area (Å²) in [5, 5.41) is 19.7. The molecule has 0 saturated carbocycles. The number of allylic oxidation sites excluding steroid dienone is 1. The Morgan fingerprint density at radius 2 is 2.11 bits per heavy atom. The summed E-state index contributed by atoms with van der Waals surface area (Å²) in [7, 11) is 1.40. The summed E-state index contributed by atoms with van der Waals surface area (Å²) >= 11 is -1.38. The molecule has 1 heterocycles. The van der Waals surface area contributed by atoms with E-state index < -0.39 is 27.2 Å². The van der Waals surface area contributed by atoms with Crippen molar-refractivity contribution in [3.63, 3.8) is 0 Å². The van der Waals surface area contributed by atoms with Crippen molar-refractivity contribution in [1.29, 1.82) is 5.41 Å². The third-order valence-corrected chi connectivity index (χ3v) is 6.78. The Kier molecular flexibility index (Phi) is 9.92. The predicted molar refractivity (Wildman–Crippen MR) is 109 cm³/mol. The van der Waals surface area contributed by atoms with Crippen LogP contribution in [0, 0.1) is 16.7 Å². The highest BCUT2D eigenvalue weighted by molar-refractivity contribution is 7.93.